The van der Waals surface area contributed by atoms with Crippen molar-refractivity contribution in [3.05, 3.63) is 35.0 Å². The minimum Gasteiger partial charge on any atom is -0.360 e. The molecule has 0 spiro atoms. The summed E-state index contributed by atoms with van der Waals surface area (Å²) in [6.07, 6.45) is -1.24. The van der Waals surface area contributed by atoms with Gasteiger partial charge in [0.05, 0.1) is 11.8 Å². The van der Waals surface area contributed by atoms with Gasteiger partial charge in [-0.1, -0.05) is 5.16 Å². The van der Waals surface area contributed by atoms with Crippen molar-refractivity contribution < 1.29 is 30.9 Å². The van der Waals surface area contributed by atoms with Crippen molar-refractivity contribution in [2.75, 3.05) is 6.26 Å². The molecule has 2 heterocycles. The van der Waals surface area contributed by atoms with Crippen molar-refractivity contribution in [1.82, 2.24) is 14.9 Å². The normalized spacial score (nSPS) is 15.7. The molecule has 0 atom stereocenters. The molecule has 11 heteroatoms. The average Bonchev–Trinajstić information content (AvgIpc) is 3.00. The molecule has 1 aliphatic rings. The molecule has 0 bridgehead atoms. The Bertz CT molecular complexity index is 894. The van der Waals surface area contributed by atoms with Crippen LogP contribution in [-0.4, -0.2) is 35.4 Å². The van der Waals surface area contributed by atoms with Gasteiger partial charge in [-0.15, -0.1) is 0 Å². The number of ketones is 1. The Balaban J connectivity index is 2.06. The van der Waals surface area contributed by atoms with E-state index in [9.17, 15) is 26.4 Å². The lowest BCUT2D eigenvalue weighted by Gasteiger charge is -2.05. The van der Waals surface area contributed by atoms with Crippen LogP contribution in [0.5, 0.6) is 0 Å². The summed E-state index contributed by atoms with van der Waals surface area (Å²) in [5, 5.41) is 6.75. The van der Waals surface area contributed by atoms with Crippen LogP contribution in [-0.2, 0) is 21.9 Å². The lowest BCUT2D eigenvalue weighted by Crippen LogP contribution is -2.17. The summed E-state index contributed by atoms with van der Waals surface area (Å²) in [7, 11) is -3.71. The molecule has 0 N–H and O–H groups in total. The average molecular weight is 363 g/mol. The van der Waals surface area contributed by atoms with E-state index in [4.69, 9.17) is 4.52 Å². The Morgan fingerprint density at radius 1 is 1.42 bits per heavy atom. The van der Waals surface area contributed by atoms with E-state index in [2.05, 4.69) is 10.3 Å². The molecule has 1 saturated carbocycles. The van der Waals surface area contributed by atoms with Gasteiger partial charge in [0.15, 0.2) is 21.3 Å². The summed E-state index contributed by atoms with van der Waals surface area (Å²) in [4.78, 5) is 12.6. The quantitative estimate of drug-likeness (QED) is 0.754. The van der Waals surface area contributed by atoms with Crippen molar-refractivity contribution >= 4 is 15.6 Å². The third kappa shape index (κ3) is 3.35. The summed E-state index contributed by atoms with van der Waals surface area (Å²) < 4.78 is 67.0. The summed E-state index contributed by atoms with van der Waals surface area (Å²) in [6.45, 7) is 0. The van der Waals surface area contributed by atoms with Gasteiger partial charge in [0.25, 0.3) is 0 Å². The highest BCUT2D eigenvalue weighted by molar-refractivity contribution is 7.89. The topological polar surface area (TPSA) is 95.1 Å². The Hall–Kier alpha value is -2.17. The van der Waals surface area contributed by atoms with Gasteiger partial charge in [-0.3, -0.25) is 4.79 Å². The van der Waals surface area contributed by atoms with Crippen LogP contribution in [0.15, 0.2) is 16.8 Å². The van der Waals surface area contributed by atoms with Gasteiger partial charge in [-0.2, -0.15) is 18.3 Å². The molecule has 1 fully saturated rings. The molecular weight excluding hydrogens is 351 g/mol. The Morgan fingerprint density at radius 2 is 2.08 bits per heavy atom. The lowest BCUT2D eigenvalue weighted by atomic mass is 10.1. The maximum absolute atomic E-state index is 12.9. The molecule has 130 valence electrons. The van der Waals surface area contributed by atoms with Gasteiger partial charge < -0.3 is 4.52 Å². The van der Waals surface area contributed by atoms with Gasteiger partial charge in [0, 0.05) is 18.2 Å². The van der Waals surface area contributed by atoms with Gasteiger partial charge in [-0.25, -0.2) is 13.1 Å². The number of aromatic nitrogens is 3. The fourth-order valence-electron chi connectivity index (χ4n) is 2.26. The molecule has 0 saturated heterocycles. The molecular formula is C13H12F3N3O4S. The number of hydrogen-bond donors (Lipinski definition) is 0. The first-order valence-electron chi connectivity index (χ1n) is 6.88. The molecule has 1 aliphatic carbocycles. The van der Waals surface area contributed by atoms with Gasteiger partial charge in [-0.05, 0) is 12.8 Å². The standard InChI is InChI=1S/C13H12F3N3O4S/c1-24(21,22)6-19-9(4-10(18-19)13(14,15)16)11(20)8-5-17-23-12(8)7-2-3-7/h4-5,7H,2-3,6H2,1H3. The van der Waals surface area contributed by atoms with Crippen molar-refractivity contribution in [2.24, 2.45) is 0 Å². The minimum atomic E-state index is -4.80. The van der Waals surface area contributed by atoms with Crippen LogP contribution in [0.2, 0.25) is 0 Å². The highest BCUT2D eigenvalue weighted by atomic mass is 32.2. The maximum atomic E-state index is 12.9. The van der Waals surface area contributed by atoms with Gasteiger partial charge in [0.2, 0.25) is 5.78 Å². The van der Waals surface area contributed by atoms with Crippen LogP contribution in [0, 0.1) is 0 Å². The number of carbonyl (C=O) groups excluding carboxylic acids is 1. The van der Waals surface area contributed by atoms with E-state index in [1.54, 1.807) is 0 Å². The van der Waals surface area contributed by atoms with Crippen molar-refractivity contribution in [1.29, 1.82) is 0 Å². The number of sulfone groups is 1. The highest BCUT2D eigenvalue weighted by Crippen LogP contribution is 2.42. The SMILES string of the molecule is CS(=O)(=O)Cn1nc(C(F)(F)F)cc1C(=O)c1cnoc1C1CC1. The zero-order chi connectivity index (χ0) is 17.7. The van der Waals surface area contributed by atoms with E-state index in [1.807, 2.05) is 0 Å². The van der Waals surface area contributed by atoms with Crippen molar-refractivity contribution in [3.63, 3.8) is 0 Å². The summed E-state index contributed by atoms with van der Waals surface area (Å²) in [5.74, 6) is -1.32. The van der Waals surface area contributed by atoms with E-state index < -0.39 is 39.1 Å². The Morgan fingerprint density at radius 3 is 2.62 bits per heavy atom. The third-order valence-electron chi connectivity index (χ3n) is 3.45. The monoisotopic (exact) mass is 363 g/mol. The molecule has 2 aromatic heterocycles. The predicted molar refractivity (Wildman–Crippen MR) is 74.0 cm³/mol. The summed E-state index contributed by atoms with van der Waals surface area (Å²) >= 11 is 0. The molecule has 7 nitrogen and oxygen atoms in total. The fraction of sp³-hybridized carbons (Fsp3) is 0.462. The molecule has 2 aromatic rings. The lowest BCUT2D eigenvalue weighted by molar-refractivity contribution is -0.141. The molecule has 24 heavy (non-hydrogen) atoms. The number of nitrogens with zero attached hydrogens (tertiary/aromatic N) is 3. The van der Waals surface area contributed by atoms with Crippen LogP contribution in [0.4, 0.5) is 13.2 Å². The zero-order valence-corrected chi connectivity index (χ0v) is 13.2. The Kier molecular flexibility index (Phi) is 3.78. The maximum Gasteiger partial charge on any atom is 0.435 e. The smallest absolute Gasteiger partial charge is 0.360 e. The van der Waals surface area contributed by atoms with E-state index in [0.717, 1.165) is 25.3 Å². The highest BCUT2D eigenvalue weighted by Gasteiger charge is 2.38. The van der Waals surface area contributed by atoms with Gasteiger partial charge in [0.1, 0.15) is 11.6 Å². The first-order chi connectivity index (χ1) is 11.1. The Labute approximate surface area is 134 Å². The van der Waals surface area contributed by atoms with Crippen LogP contribution >= 0.6 is 0 Å². The molecule has 3 rings (SSSR count). The molecule has 0 unspecified atom stereocenters. The molecule has 0 amide bonds. The molecule has 0 aliphatic heterocycles. The van der Waals surface area contributed by atoms with Crippen LogP contribution in [0.3, 0.4) is 0 Å². The van der Waals surface area contributed by atoms with E-state index in [-0.39, 0.29) is 11.5 Å². The summed E-state index contributed by atoms with van der Waals surface area (Å²) in [5.41, 5.74) is -1.78. The first-order valence-corrected chi connectivity index (χ1v) is 8.94. The van der Waals surface area contributed by atoms with Crippen molar-refractivity contribution in [2.45, 2.75) is 30.8 Å². The second-order valence-electron chi connectivity index (χ2n) is 5.67. The van der Waals surface area contributed by atoms with Crippen LogP contribution in [0.1, 0.15) is 46.3 Å². The zero-order valence-electron chi connectivity index (χ0n) is 12.4. The number of alkyl halides is 3. The van der Waals surface area contributed by atoms with Crippen LogP contribution in [0.25, 0.3) is 0 Å². The number of hydrogen-bond acceptors (Lipinski definition) is 6. The van der Waals surface area contributed by atoms with Crippen molar-refractivity contribution in [3.8, 4) is 0 Å². The van der Waals surface area contributed by atoms with E-state index in [0.29, 0.717) is 16.5 Å². The third-order valence-corrected chi connectivity index (χ3v) is 4.16. The number of halogens is 3. The number of rotatable bonds is 5. The summed E-state index contributed by atoms with van der Waals surface area (Å²) in [6, 6.07) is 0.539. The second kappa shape index (κ2) is 5.43. The predicted octanol–water partition coefficient (Wildman–Crippen LogP) is 2.00. The second-order valence-corrected chi connectivity index (χ2v) is 7.78. The van der Waals surface area contributed by atoms with Gasteiger partial charge >= 0.3 is 6.18 Å². The minimum absolute atomic E-state index is 0.0137. The first kappa shape index (κ1) is 16.7. The fourth-order valence-corrected chi connectivity index (χ4v) is 2.90. The molecule has 0 radical (unpaired) electrons. The largest absolute Gasteiger partial charge is 0.435 e. The molecule has 0 aromatic carbocycles. The van der Waals surface area contributed by atoms with E-state index >= 15 is 0 Å². The van der Waals surface area contributed by atoms with Crippen LogP contribution < -0.4 is 0 Å². The number of carbonyl (C=O) groups is 1. The van der Waals surface area contributed by atoms with E-state index in [1.165, 1.54) is 0 Å².